The molecule has 1 fully saturated rings. The molecule has 2 heterocycles. The minimum absolute atomic E-state index is 0.0823. The fourth-order valence-electron chi connectivity index (χ4n) is 4.17. The highest BCUT2D eigenvalue weighted by atomic mass is 19.1. The lowest BCUT2D eigenvalue weighted by molar-refractivity contribution is -0.122. The van der Waals surface area contributed by atoms with Crippen LogP contribution in [0.15, 0.2) is 48.5 Å². The van der Waals surface area contributed by atoms with Gasteiger partial charge >= 0.3 is 0 Å². The average molecular weight is 425 g/mol. The summed E-state index contributed by atoms with van der Waals surface area (Å²) in [6.45, 7) is 0.573. The van der Waals surface area contributed by atoms with Crippen molar-refractivity contribution in [1.82, 2.24) is 15.5 Å². The molecular weight excluding hydrogens is 401 g/mol. The van der Waals surface area contributed by atoms with Crippen LogP contribution in [-0.4, -0.2) is 54.4 Å². The number of amides is 3. The number of benzene rings is 2. The van der Waals surface area contributed by atoms with Crippen LogP contribution in [0.25, 0.3) is 0 Å². The lowest BCUT2D eigenvalue weighted by Crippen LogP contribution is -2.48. The fraction of sp³-hybridized carbons (Fsp3) is 0.348. The summed E-state index contributed by atoms with van der Waals surface area (Å²) in [5.41, 5.74) is 0.618. The Labute approximate surface area is 179 Å². The topological polar surface area (TPSA) is 87.7 Å². The van der Waals surface area contributed by atoms with E-state index >= 15 is 0 Å². The van der Waals surface area contributed by atoms with Gasteiger partial charge in [-0.1, -0.05) is 18.2 Å². The van der Waals surface area contributed by atoms with Gasteiger partial charge in [0.05, 0.1) is 12.1 Å². The zero-order valence-corrected chi connectivity index (χ0v) is 17.0. The molecular formula is C23H24FN3O4. The van der Waals surface area contributed by atoms with Gasteiger partial charge in [0.2, 0.25) is 5.91 Å². The number of rotatable bonds is 1. The summed E-state index contributed by atoms with van der Waals surface area (Å²) < 4.78 is 19.3. The molecule has 0 aliphatic carbocycles. The predicted molar refractivity (Wildman–Crippen MR) is 111 cm³/mol. The van der Waals surface area contributed by atoms with Crippen molar-refractivity contribution in [2.75, 3.05) is 19.7 Å². The quantitative estimate of drug-likeness (QED) is 0.733. The molecule has 2 aliphatic rings. The number of ether oxygens (including phenoxy) is 1. The largest absolute Gasteiger partial charge is 0.491 e. The van der Waals surface area contributed by atoms with E-state index < -0.39 is 11.7 Å². The van der Waals surface area contributed by atoms with Crippen LogP contribution in [0, 0.1) is 5.82 Å². The Balaban J connectivity index is 1.62. The highest BCUT2D eigenvalue weighted by Gasteiger charge is 2.38. The average Bonchev–Trinajstić information content (AvgIpc) is 3.17. The molecule has 2 aliphatic heterocycles. The molecule has 0 spiro atoms. The molecule has 0 aromatic heterocycles. The van der Waals surface area contributed by atoms with Gasteiger partial charge in [0, 0.05) is 30.6 Å². The molecule has 7 nitrogen and oxygen atoms in total. The monoisotopic (exact) mass is 425 g/mol. The van der Waals surface area contributed by atoms with E-state index in [1.807, 2.05) is 6.07 Å². The van der Waals surface area contributed by atoms with Crippen LogP contribution in [0.5, 0.6) is 5.75 Å². The predicted octanol–water partition coefficient (Wildman–Crippen LogP) is 2.13. The van der Waals surface area contributed by atoms with Gasteiger partial charge in [-0.3, -0.25) is 14.4 Å². The first-order chi connectivity index (χ1) is 15.0. The fourth-order valence-corrected chi connectivity index (χ4v) is 4.17. The Morgan fingerprint density at radius 1 is 1.03 bits per heavy atom. The molecule has 31 heavy (non-hydrogen) atoms. The molecule has 1 saturated heterocycles. The molecule has 0 saturated carbocycles. The lowest BCUT2D eigenvalue weighted by atomic mass is 10.1. The molecule has 2 aromatic carbocycles. The Hall–Kier alpha value is -3.42. The van der Waals surface area contributed by atoms with E-state index in [0.717, 1.165) is 6.07 Å². The normalized spacial score (nSPS) is 21.9. The van der Waals surface area contributed by atoms with E-state index in [1.165, 1.54) is 12.1 Å². The van der Waals surface area contributed by atoms with Crippen LogP contribution < -0.4 is 15.4 Å². The number of hydrogen-bond donors (Lipinski definition) is 2. The maximum absolute atomic E-state index is 13.8. The van der Waals surface area contributed by atoms with Gasteiger partial charge in [0.1, 0.15) is 18.2 Å². The van der Waals surface area contributed by atoms with Crippen molar-refractivity contribution in [2.45, 2.75) is 31.3 Å². The van der Waals surface area contributed by atoms with Crippen molar-refractivity contribution in [3.63, 3.8) is 0 Å². The summed E-state index contributed by atoms with van der Waals surface area (Å²) >= 11 is 0. The van der Waals surface area contributed by atoms with Crippen LogP contribution in [0.1, 0.15) is 40.0 Å². The Kier molecular flexibility index (Phi) is 6.16. The minimum atomic E-state index is -0.547. The van der Waals surface area contributed by atoms with Gasteiger partial charge < -0.3 is 20.3 Å². The number of carbonyl (C=O) groups is 3. The molecule has 0 unspecified atom stereocenters. The Morgan fingerprint density at radius 2 is 1.81 bits per heavy atom. The van der Waals surface area contributed by atoms with Crippen molar-refractivity contribution < 1.29 is 23.5 Å². The van der Waals surface area contributed by atoms with Crippen LogP contribution >= 0.6 is 0 Å². The van der Waals surface area contributed by atoms with Gasteiger partial charge in [0.15, 0.2) is 0 Å². The number of fused-ring (bicyclic) bond motifs is 3. The first-order valence-corrected chi connectivity index (χ1v) is 10.4. The van der Waals surface area contributed by atoms with Crippen molar-refractivity contribution in [3.8, 4) is 5.75 Å². The van der Waals surface area contributed by atoms with Crippen LogP contribution in [0.4, 0.5) is 4.39 Å². The summed E-state index contributed by atoms with van der Waals surface area (Å²) in [6, 6.07) is 12.1. The second-order valence-electron chi connectivity index (χ2n) is 7.72. The molecule has 2 aromatic rings. The maximum Gasteiger partial charge on any atom is 0.255 e. The Bertz CT molecular complexity index is 982. The Morgan fingerprint density at radius 3 is 2.61 bits per heavy atom. The third-order valence-corrected chi connectivity index (χ3v) is 5.66. The van der Waals surface area contributed by atoms with Crippen molar-refractivity contribution in [1.29, 1.82) is 0 Å². The molecule has 0 radical (unpaired) electrons. The van der Waals surface area contributed by atoms with E-state index in [2.05, 4.69) is 10.6 Å². The minimum Gasteiger partial charge on any atom is -0.491 e. The summed E-state index contributed by atoms with van der Waals surface area (Å²) in [6.07, 6.45) is 1.50. The van der Waals surface area contributed by atoms with E-state index in [1.54, 1.807) is 29.2 Å². The second kappa shape index (κ2) is 9.16. The zero-order valence-electron chi connectivity index (χ0n) is 17.0. The third kappa shape index (κ3) is 4.68. The molecule has 3 amide bonds. The summed E-state index contributed by atoms with van der Waals surface area (Å²) in [7, 11) is 0. The van der Waals surface area contributed by atoms with E-state index in [9.17, 15) is 18.8 Å². The summed E-state index contributed by atoms with van der Waals surface area (Å²) in [5, 5.41) is 5.61. The van der Waals surface area contributed by atoms with Crippen molar-refractivity contribution in [2.24, 2.45) is 0 Å². The van der Waals surface area contributed by atoms with E-state index in [0.29, 0.717) is 18.4 Å². The van der Waals surface area contributed by atoms with Crippen molar-refractivity contribution >= 4 is 17.7 Å². The smallest absolute Gasteiger partial charge is 0.255 e. The first-order valence-electron chi connectivity index (χ1n) is 10.4. The second-order valence-corrected chi connectivity index (χ2v) is 7.72. The van der Waals surface area contributed by atoms with Gasteiger partial charge in [-0.05, 0) is 43.2 Å². The molecule has 8 heteroatoms. The standard InChI is InChI=1S/C23H24FN3O4/c24-16-6-9-20-19(12-16)22(29)26-14-18-8-7-17(13-21(28)25-10-11-31-20)27(18)23(30)15-4-2-1-3-5-15/h1-6,9,12,17-18H,7-8,10-11,13-14H2,(H,25,28)(H,26,29)/t17-,18+/m0/s1. The molecule has 162 valence electrons. The van der Waals surface area contributed by atoms with Gasteiger partial charge in [-0.15, -0.1) is 0 Å². The van der Waals surface area contributed by atoms with Gasteiger partial charge in [0.25, 0.3) is 11.8 Å². The van der Waals surface area contributed by atoms with Crippen LogP contribution in [0.3, 0.4) is 0 Å². The summed E-state index contributed by atoms with van der Waals surface area (Å²) in [5.74, 6) is -1.11. The summed E-state index contributed by atoms with van der Waals surface area (Å²) in [4.78, 5) is 40.2. The first kappa shape index (κ1) is 20.8. The van der Waals surface area contributed by atoms with Crippen LogP contribution in [-0.2, 0) is 4.79 Å². The van der Waals surface area contributed by atoms with Gasteiger partial charge in [-0.25, -0.2) is 4.39 Å². The van der Waals surface area contributed by atoms with Crippen molar-refractivity contribution in [3.05, 3.63) is 65.5 Å². The number of halogens is 1. The molecule has 4 rings (SSSR count). The van der Waals surface area contributed by atoms with E-state index in [4.69, 9.17) is 4.74 Å². The maximum atomic E-state index is 13.8. The number of hydrogen-bond acceptors (Lipinski definition) is 4. The lowest BCUT2D eigenvalue weighted by Gasteiger charge is -2.31. The number of nitrogens with zero attached hydrogens (tertiary/aromatic N) is 1. The number of carbonyl (C=O) groups excluding carboxylic acids is 3. The molecule has 2 N–H and O–H groups in total. The van der Waals surface area contributed by atoms with Gasteiger partial charge in [-0.2, -0.15) is 0 Å². The highest BCUT2D eigenvalue weighted by molar-refractivity contribution is 5.97. The molecule has 2 bridgehead atoms. The number of nitrogens with one attached hydrogen (secondary N) is 2. The molecule has 2 atom stereocenters. The van der Waals surface area contributed by atoms with E-state index in [-0.39, 0.29) is 61.3 Å². The third-order valence-electron chi connectivity index (χ3n) is 5.66. The SMILES string of the molecule is O=C1C[C@@H]2CC[C@H](CNC(=O)c3cc(F)ccc3OCCN1)N2C(=O)c1ccccc1. The highest BCUT2D eigenvalue weighted by Crippen LogP contribution is 2.29. The van der Waals surface area contributed by atoms with Crippen LogP contribution in [0.2, 0.25) is 0 Å². The zero-order chi connectivity index (χ0) is 21.8.